The molecule has 0 radical (unpaired) electrons. The molecule has 1 atom stereocenters. The van der Waals surface area contributed by atoms with Crippen LogP contribution in [0, 0.1) is 5.82 Å². The van der Waals surface area contributed by atoms with E-state index in [2.05, 4.69) is 10.6 Å². The van der Waals surface area contributed by atoms with Crippen molar-refractivity contribution in [3.8, 4) is 0 Å². The fourth-order valence-electron chi connectivity index (χ4n) is 2.20. The Morgan fingerprint density at radius 3 is 2.82 bits per heavy atom. The molecule has 0 saturated carbocycles. The van der Waals surface area contributed by atoms with Gasteiger partial charge in [-0.25, -0.2) is 14.0 Å². The molecule has 1 aromatic carbocycles. The van der Waals surface area contributed by atoms with Gasteiger partial charge in [-0.3, -0.25) is 0 Å². The second-order valence-electron chi connectivity index (χ2n) is 4.76. The lowest BCUT2D eigenvalue weighted by Gasteiger charge is -2.28. The number of hydrogen-bond donors (Lipinski definition) is 2. The van der Waals surface area contributed by atoms with Crippen molar-refractivity contribution < 1.29 is 18.7 Å². The summed E-state index contributed by atoms with van der Waals surface area (Å²) in [5.74, 6) is -1.10. The van der Waals surface area contributed by atoms with Gasteiger partial charge in [0, 0.05) is 11.3 Å². The number of carbonyl (C=O) groups is 2. The lowest BCUT2D eigenvalue weighted by atomic mass is 9.95. The molecular formula is C16H17FN2O3. The number of allylic oxidation sites excluding steroid dienone is 2. The molecule has 5 nitrogen and oxygen atoms in total. The van der Waals surface area contributed by atoms with Crippen LogP contribution in [0.3, 0.4) is 0 Å². The quantitative estimate of drug-likeness (QED) is 0.663. The number of urea groups is 1. The van der Waals surface area contributed by atoms with Crippen LogP contribution in [0.25, 0.3) is 0 Å². The van der Waals surface area contributed by atoms with E-state index in [1.165, 1.54) is 12.1 Å². The minimum absolute atomic E-state index is 0.115. The number of carbonyl (C=O) groups excluding carboxylic acids is 2. The van der Waals surface area contributed by atoms with Gasteiger partial charge >= 0.3 is 12.0 Å². The maximum Gasteiger partial charge on any atom is 0.338 e. The molecule has 6 heteroatoms. The fraction of sp³-hybridized carbons (Fsp3) is 0.250. The SMILES string of the molecule is C/C=C/COC(=O)C1=C(C)NC(=O)NC1c1ccccc1F. The van der Waals surface area contributed by atoms with Crippen LogP contribution < -0.4 is 10.6 Å². The Kier molecular flexibility index (Phi) is 4.93. The number of hydrogen-bond acceptors (Lipinski definition) is 3. The average molecular weight is 304 g/mol. The first-order valence-electron chi connectivity index (χ1n) is 6.85. The highest BCUT2D eigenvalue weighted by atomic mass is 19.1. The van der Waals surface area contributed by atoms with Gasteiger partial charge in [-0.1, -0.05) is 30.4 Å². The van der Waals surface area contributed by atoms with Crippen molar-refractivity contribution in [2.75, 3.05) is 6.61 Å². The van der Waals surface area contributed by atoms with Crippen LogP contribution in [-0.4, -0.2) is 18.6 Å². The monoisotopic (exact) mass is 304 g/mol. The molecule has 2 amide bonds. The molecule has 0 spiro atoms. The van der Waals surface area contributed by atoms with Crippen molar-refractivity contribution in [1.82, 2.24) is 10.6 Å². The molecule has 116 valence electrons. The van der Waals surface area contributed by atoms with Crippen LogP contribution in [0.4, 0.5) is 9.18 Å². The fourth-order valence-corrected chi connectivity index (χ4v) is 2.20. The molecule has 0 bridgehead atoms. The van der Waals surface area contributed by atoms with Crippen LogP contribution >= 0.6 is 0 Å². The Hall–Kier alpha value is -2.63. The number of amides is 2. The zero-order chi connectivity index (χ0) is 16.1. The predicted octanol–water partition coefficient (Wildman–Crippen LogP) is 2.57. The molecule has 0 saturated heterocycles. The Bertz CT molecular complexity index is 653. The Morgan fingerprint density at radius 2 is 2.14 bits per heavy atom. The summed E-state index contributed by atoms with van der Waals surface area (Å²) in [6, 6.07) is 4.62. The highest BCUT2D eigenvalue weighted by Crippen LogP contribution is 2.29. The molecule has 0 aliphatic carbocycles. The normalized spacial score (nSPS) is 18.1. The van der Waals surface area contributed by atoms with Gasteiger partial charge in [0.25, 0.3) is 0 Å². The van der Waals surface area contributed by atoms with Gasteiger partial charge in [0.15, 0.2) is 0 Å². The van der Waals surface area contributed by atoms with Crippen molar-refractivity contribution in [2.45, 2.75) is 19.9 Å². The summed E-state index contributed by atoms with van der Waals surface area (Å²) in [7, 11) is 0. The smallest absolute Gasteiger partial charge is 0.338 e. The van der Waals surface area contributed by atoms with Crippen molar-refractivity contribution in [3.63, 3.8) is 0 Å². The van der Waals surface area contributed by atoms with E-state index in [0.29, 0.717) is 5.70 Å². The van der Waals surface area contributed by atoms with E-state index in [0.717, 1.165) is 0 Å². The van der Waals surface area contributed by atoms with E-state index in [4.69, 9.17) is 4.74 Å². The molecule has 1 unspecified atom stereocenters. The predicted molar refractivity (Wildman–Crippen MR) is 79.3 cm³/mol. The maximum absolute atomic E-state index is 14.0. The van der Waals surface area contributed by atoms with Gasteiger partial charge in [0.05, 0.1) is 11.6 Å². The van der Waals surface area contributed by atoms with E-state index in [-0.39, 0.29) is 17.7 Å². The van der Waals surface area contributed by atoms with Crippen LogP contribution in [-0.2, 0) is 9.53 Å². The number of benzene rings is 1. The molecule has 0 aromatic heterocycles. The lowest BCUT2D eigenvalue weighted by Crippen LogP contribution is -2.45. The highest BCUT2D eigenvalue weighted by molar-refractivity contribution is 5.95. The zero-order valence-corrected chi connectivity index (χ0v) is 12.4. The average Bonchev–Trinajstić information content (AvgIpc) is 2.47. The van der Waals surface area contributed by atoms with Gasteiger partial charge in [-0.15, -0.1) is 0 Å². The van der Waals surface area contributed by atoms with Crippen molar-refractivity contribution in [1.29, 1.82) is 0 Å². The first-order valence-corrected chi connectivity index (χ1v) is 6.85. The molecule has 2 N–H and O–H groups in total. The van der Waals surface area contributed by atoms with E-state index >= 15 is 0 Å². The first-order chi connectivity index (χ1) is 10.5. The summed E-state index contributed by atoms with van der Waals surface area (Å²) in [5.41, 5.74) is 0.756. The van der Waals surface area contributed by atoms with Crippen LogP contribution in [0.1, 0.15) is 25.5 Å². The van der Waals surface area contributed by atoms with E-state index < -0.39 is 23.9 Å². The Morgan fingerprint density at radius 1 is 1.41 bits per heavy atom. The summed E-state index contributed by atoms with van der Waals surface area (Å²) in [5, 5.41) is 5.07. The molecule has 2 rings (SSSR count). The third-order valence-electron chi connectivity index (χ3n) is 3.25. The van der Waals surface area contributed by atoms with Crippen molar-refractivity contribution >= 4 is 12.0 Å². The Labute approximate surface area is 127 Å². The molecule has 0 fully saturated rings. The van der Waals surface area contributed by atoms with Gasteiger partial charge in [0.1, 0.15) is 12.4 Å². The largest absolute Gasteiger partial charge is 0.458 e. The summed E-state index contributed by atoms with van der Waals surface area (Å²) in [4.78, 5) is 23.9. The third-order valence-corrected chi connectivity index (χ3v) is 3.25. The highest BCUT2D eigenvalue weighted by Gasteiger charge is 2.33. The Balaban J connectivity index is 2.37. The number of ether oxygens (including phenoxy) is 1. The van der Waals surface area contributed by atoms with Gasteiger partial charge < -0.3 is 15.4 Å². The molecule has 1 aromatic rings. The van der Waals surface area contributed by atoms with E-state index in [1.807, 2.05) is 6.92 Å². The van der Waals surface area contributed by atoms with Crippen molar-refractivity contribution in [3.05, 3.63) is 59.1 Å². The van der Waals surface area contributed by atoms with Gasteiger partial charge in [-0.2, -0.15) is 0 Å². The summed E-state index contributed by atoms with van der Waals surface area (Å²) in [6.07, 6.45) is 3.44. The minimum Gasteiger partial charge on any atom is -0.458 e. The second kappa shape index (κ2) is 6.89. The summed E-state index contributed by atoms with van der Waals surface area (Å²) < 4.78 is 19.1. The molecule has 1 aliphatic rings. The second-order valence-corrected chi connectivity index (χ2v) is 4.76. The lowest BCUT2D eigenvalue weighted by molar-refractivity contribution is -0.138. The standard InChI is InChI=1S/C16H17FN2O3/c1-3-4-9-22-15(20)13-10(2)18-16(21)19-14(13)11-7-5-6-8-12(11)17/h3-8,14H,9H2,1-2H3,(H2,18,19,21)/b4-3+. The molecule has 1 aliphatic heterocycles. The van der Waals surface area contributed by atoms with E-state index in [1.54, 1.807) is 31.2 Å². The number of esters is 1. The third kappa shape index (κ3) is 3.33. The van der Waals surface area contributed by atoms with Gasteiger partial charge in [0.2, 0.25) is 0 Å². The maximum atomic E-state index is 14.0. The van der Waals surface area contributed by atoms with Crippen molar-refractivity contribution in [2.24, 2.45) is 0 Å². The van der Waals surface area contributed by atoms with Crippen LogP contribution in [0.5, 0.6) is 0 Å². The summed E-state index contributed by atoms with van der Waals surface area (Å²) >= 11 is 0. The van der Waals surface area contributed by atoms with Crippen LogP contribution in [0.2, 0.25) is 0 Å². The first kappa shape index (κ1) is 15.8. The number of rotatable bonds is 4. The van der Waals surface area contributed by atoms with Gasteiger partial charge in [-0.05, 0) is 19.9 Å². The molecule has 1 heterocycles. The number of halogens is 1. The number of nitrogens with one attached hydrogen (secondary N) is 2. The van der Waals surface area contributed by atoms with E-state index in [9.17, 15) is 14.0 Å². The molecule has 22 heavy (non-hydrogen) atoms. The zero-order valence-electron chi connectivity index (χ0n) is 12.4. The summed E-state index contributed by atoms with van der Waals surface area (Å²) in [6.45, 7) is 3.51. The molecular weight excluding hydrogens is 287 g/mol. The van der Waals surface area contributed by atoms with Crippen LogP contribution in [0.15, 0.2) is 47.7 Å². The minimum atomic E-state index is -0.881. The topological polar surface area (TPSA) is 67.4 Å².